The molecule has 1 atom stereocenters. The number of hydrogen-bond acceptors (Lipinski definition) is 4. The van der Waals surface area contributed by atoms with Crippen molar-refractivity contribution in [2.24, 2.45) is 0 Å². The maximum absolute atomic E-state index is 11.9. The summed E-state index contributed by atoms with van der Waals surface area (Å²) >= 11 is 0. The van der Waals surface area contributed by atoms with Gasteiger partial charge in [-0.25, -0.2) is 0 Å². The van der Waals surface area contributed by atoms with E-state index in [-0.39, 0.29) is 18.4 Å². The maximum Gasteiger partial charge on any atom is 0.262 e. The number of amides is 2. The average molecular weight is 291 g/mol. The van der Waals surface area contributed by atoms with Crippen LogP contribution in [-0.4, -0.2) is 44.6 Å². The van der Waals surface area contributed by atoms with Crippen molar-refractivity contribution in [3.8, 4) is 5.75 Å². The molecule has 6 nitrogen and oxygen atoms in total. The van der Waals surface area contributed by atoms with E-state index in [2.05, 4.69) is 10.6 Å². The molecule has 1 heterocycles. The number of rotatable bonds is 5. The van der Waals surface area contributed by atoms with Crippen molar-refractivity contribution in [1.82, 2.24) is 10.6 Å². The topological polar surface area (TPSA) is 70.7 Å². The second-order valence-corrected chi connectivity index (χ2v) is 4.92. The Morgan fingerprint density at radius 2 is 2.14 bits per heavy atom. The van der Waals surface area contributed by atoms with Crippen molar-refractivity contribution in [1.29, 1.82) is 0 Å². The zero-order chi connectivity index (χ0) is 15.2. The molecule has 2 amide bonds. The van der Waals surface area contributed by atoms with Gasteiger partial charge in [0.1, 0.15) is 5.75 Å². The van der Waals surface area contributed by atoms with E-state index in [0.717, 1.165) is 12.1 Å². The van der Waals surface area contributed by atoms with Gasteiger partial charge in [0.25, 0.3) is 5.91 Å². The predicted octanol–water partition coefficient (Wildman–Crippen LogP) is 0.526. The third-order valence-corrected chi connectivity index (χ3v) is 3.31. The van der Waals surface area contributed by atoms with E-state index < -0.39 is 6.10 Å². The molecule has 6 heteroatoms. The standard InChI is InChI=1S/C15H21N3O3/c1-3-8-17-14(19)10-18-9-13(15(20)16-2)21-12-7-5-4-6-11(12)18/h4-7,13H,3,8-10H2,1-2H3,(H,16,20)(H,17,19)/t13-/m1/s1. The van der Waals surface area contributed by atoms with Crippen molar-refractivity contribution in [2.45, 2.75) is 19.4 Å². The Hall–Kier alpha value is -2.24. The van der Waals surface area contributed by atoms with Crippen LogP contribution in [0.3, 0.4) is 0 Å². The van der Waals surface area contributed by atoms with Gasteiger partial charge in [0.15, 0.2) is 6.10 Å². The minimum Gasteiger partial charge on any atom is -0.477 e. The first-order valence-electron chi connectivity index (χ1n) is 7.14. The van der Waals surface area contributed by atoms with Gasteiger partial charge in [0, 0.05) is 13.6 Å². The number of nitrogens with zero attached hydrogens (tertiary/aromatic N) is 1. The van der Waals surface area contributed by atoms with Crippen LogP contribution in [0.15, 0.2) is 24.3 Å². The fraction of sp³-hybridized carbons (Fsp3) is 0.467. The summed E-state index contributed by atoms with van der Waals surface area (Å²) in [6.45, 7) is 3.24. The monoisotopic (exact) mass is 291 g/mol. The third kappa shape index (κ3) is 3.65. The SMILES string of the molecule is CCCNC(=O)CN1C[C@H](C(=O)NC)Oc2ccccc21. The Balaban J connectivity index is 2.14. The zero-order valence-corrected chi connectivity index (χ0v) is 12.4. The molecule has 0 spiro atoms. The largest absolute Gasteiger partial charge is 0.477 e. The molecular formula is C15H21N3O3. The quantitative estimate of drug-likeness (QED) is 0.830. The Morgan fingerprint density at radius 1 is 1.38 bits per heavy atom. The number of para-hydroxylation sites is 2. The van der Waals surface area contributed by atoms with Crippen LogP contribution in [0.4, 0.5) is 5.69 Å². The Bertz CT molecular complexity index is 519. The number of hydrogen-bond donors (Lipinski definition) is 2. The highest BCUT2D eigenvalue weighted by Crippen LogP contribution is 2.32. The van der Waals surface area contributed by atoms with Crippen LogP contribution in [-0.2, 0) is 9.59 Å². The summed E-state index contributed by atoms with van der Waals surface area (Å²) in [6, 6.07) is 7.43. The molecule has 0 unspecified atom stereocenters. The van der Waals surface area contributed by atoms with Crippen molar-refractivity contribution in [3.63, 3.8) is 0 Å². The van der Waals surface area contributed by atoms with Crippen molar-refractivity contribution in [2.75, 3.05) is 31.6 Å². The van der Waals surface area contributed by atoms with Gasteiger partial charge in [0.2, 0.25) is 5.91 Å². The Kier molecular flexibility index (Phi) is 5.03. The lowest BCUT2D eigenvalue weighted by Gasteiger charge is -2.34. The van der Waals surface area contributed by atoms with Gasteiger partial charge >= 0.3 is 0 Å². The zero-order valence-electron chi connectivity index (χ0n) is 12.4. The normalized spacial score (nSPS) is 16.7. The van der Waals surface area contributed by atoms with Crippen LogP contribution in [0.25, 0.3) is 0 Å². The lowest BCUT2D eigenvalue weighted by molar-refractivity contribution is -0.127. The third-order valence-electron chi connectivity index (χ3n) is 3.31. The van der Waals surface area contributed by atoms with Crippen LogP contribution in [0.2, 0.25) is 0 Å². The number of ether oxygens (including phenoxy) is 1. The molecule has 0 aliphatic carbocycles. The second-order valence-electron chi connectivity index (χ2n) is 4.92. The van der Waals surface area contributed by atoms with Gasteiger partial charge in [0.05, 0.1) is 18.8 Å². The molecule has 0 aromatic heterocycles. The smallest absolute Gasteiger partial charge is 0.262 e. The lowest BCUT2D eigenvalue weighted by atomic mass is 10.1. The van der Waals surface area contributed by atoms with Crippen molar-refractivity contribution in [3.05, 3.63) is 24.3 Å². The lowest BCUT2D eigenvalue weighted by Crippen LogP contribution is -2.50. The van der Waals surface area contributed by atoms with Gasteiger partial charge in [-0.15, -0.1) is 0 Å². The van der Waals surface area contributed by atoms with Gasteiger partial charge < -0.3 is 20.3 Å². The highest BCUT2D eigenvalue weighted by atomic mass is 16.5. The molecule has 2 rings (SSSR count). The van der Waals surface area contributed by atoms with E-state index in [9.17, 15) is 9.59 Å². The fourth-order valence-corrected chi connectivity index (χ4v) is 2.25. The van der Waals surface area contributed by atoms with E-state index >= 15 is 0 Å². The van der Waals surface area contributed by atoms with Gasteiger partial charge in [-0.1, -0.05) is 19.1 Å². The molecule has 0 saturated carbocycles. The number of fused-ring (bicyclic) bond motifs is 1. The summed E-state index contributed by atoms with van der Waals surface area (Å²) in [5.74, 6) is 0.383. The summed E-state index contributed by atoms with van der Waals surface area (Å²) in [5, 5.41) is 5.43. The molecule has 2 N–H and O–H groups in total. The molecule has 21 heavy (non-hydrogen) atoms. The van der Waals surface area contributed by atoms with Crippen LogP contribution < -0.4 is 20.3 Å². The molecular weight excluding hydrogens is 270 g/mol. The first-order chi connectivity index (χ1) is 10.2. The average Bonchev–Trinajstić information content (AvgIpc) is 2.52. The number of likely N-dealkylation sites (N-methyl/N-ethyl adjacent to an activating group) is 1. The Labute approximate surface area is 124 Å². The number of nitrogens with one attached hydrogen (secondary N) is 2. The minimum atomic E-state index is -0.608. The number of carbonyl (C=O) groups excluding carboxylic acids is 2. The van der Waals surface area contributed by atoms with Crippen molar-refractivity contribution < 1.29 is 14.3 Å². The molecule has 0 radical (unpaired) electrons. The van der Waals surface area contributed by atoms with E-state index in [1.165, 1.54) is 0 Å². The van der Waals surface area contributed by atoms with Crippen LogP contribution in [0.5, 0.6) is 5.75 Å². The first-order valence-corrected chi connectivity index (χ1v) is 7.14. The number of carbonyl (C=O) groups is 2. The molecule has 0 bridgehead atoms. The summed E-state index contributed by atoms with van der Waals surface area (Å²) in [5.41, 5.74) is 0.837. The number of anilines is 1. The summed E-state index contributed by atoms with van der Waals surface area (Å²) in [4.78, 5) is 25.6. The van der Waals surface area contributed by atoms with Crippen molar-refractivity contribution >= 4 is 17.5 Å². The molecule has 114 valence electrons. The molecule has 1 aromatic carbocycles. The van der Waals surface area contributed by atoms with E-state index in [1.54, 1.807) is 13.1 Å². The van der Waals surface area contributed by atoms with E-state index in [0.29, 0.717) is 18.8 Å². The minimum absolute atomic E-state index is 0.0517. The molecule has 0 saturated heterocycles. The maximum atomic E-state index is 11.9. The van der Waals surface area contributed by atoms with Crippen LogP contribution in [0.1, 0.15) is 13.3 Å². The predicted molar refractivity (Wildman–Crippen MR) is 80.4 cm³/mol. The van der Waals surface area contributed by atoms with E-state index in [4.69, 9.17) is 4.74 Å². The Morgan fingerprint density at radius 3 is 2.86 bits per heavy atom. The second kappa shape index (κ2) is 6.97. The van der Waals surface area contributed by atoms with Crippen LogP contribution >= 0.6 is 0 Å². The first kappa shape index (κ1) is 15.2. The fourth-order valence-electron chi connectivity index (χ4n) is 2.25. The molecule has 1 aromatic rings. The molecule has 1 aliphatic heterocycles. The summed E-state index contributed by atoms with van der Waals surface area (Å²) in [7, 11) is 1.57. The number of benzene rings is 1. The summed E-state index contributed by atoms with van der Waals surface area (Å²) in [6.07, 6.45) is 0.288. The molecule has 1 aliphatic rings. The van der Waals surface area contributed by atoms with Crippen LogP contribution in [0, 0.1) is 0 Å². The van der Waals surface area contributed by atoms with Gasteiger partial charge in [-0.05, 0) is 18.6 Å². The van der Waals surface area contributed by atoms with E-state index in [1.807, 2.05) is 30.0 Å². The highest BCUT2D eigenvalue weighted by molar-refractivity contribution is 5.86. The summed E-state index contributed by atoms with van der Waals surface area (Å²) < 4.78 is 5.69. The van der Waals surface area contributed by atoms with Gasteiger partial charge in [-0.2, -0.15) is 0 Å². The highest BCUT2D eigenvalue weighted by Gasteiger charge is 2.30. The van der Waals surface area contributed by atoms with Gasteiger partial charge in [-0.3, -0.25) is 9.59 Å². The molecule has 0 fully saturated rings.